The average Bonchev–Trinajstić information content (AvgIpc) is 2.80. The third kappa shape index (κ3) is 2.70. The summed E-state index contributed by atoms with van der Waals surface area (Å²) in [6.07, 6.45) is 4.84. The van der Waals surface area contributed by atoms with Crippen LogP contribution in [-0.2, 0) is 6.54 Å². The Hall–Kier alpha value is -1.84. The molecule has 0 radical (unpaired) electrons. The van der Waals surface area contributed by atoms with Gasteiger partial charge >= 0.3 is 0 Å². The van der Waals surface area contributed by atoms with Gasteiger partial charge in [0.15, 0.2) is 0 Å². The quantitative estimate of drug-likeness (QED) is 0.829. The van der Waals surface area contributed by atoms with Crippen molar-refractivity contribution in [1.82, 2.24) is 14.3 Å². The summed E-state index contributed by atoms with van der Waals surface area (Å²) in [5.74, 6) is 0. The van der Waals surface area contributed by atoms with Gasteiger partial charge in [-0.05, 0) is 38.0 Å². The summed E-state index contributed by atoms with van der Waals surface area (Å²) < 4.78 is 3.63. The molecule has 2 aromatic rings. The maximum atomic E-state index is 11.8. The van der Waals surface area contributed by atoms with E-state index < -0.39 is 0 Å². The third-order valence-electron chi connectivity index (χ3n) is 3.19. The van der Waals surface area contributed by atoms with Gasteiger partial charge in [-0.3, -0.25) is 9.48 Å². The second-order valence-electron chi connectivity index (χ2n) is 4.71. The minimum Gasteiger partial charge on any atom is -0.309 e. The first-order valence-corrected chi connectivity index (χ1v) is 6.31. The predicted molar refractivity (Wildman–Crippen MR) is 71.8 cm³/mol. The Labute approximate surface area is 107 Å². The van der Waals surface area contributed by atoms with Gasteiger partial charge in [-0.15, -0.1) is 0 Å². The largest absolute Gasteiger partial charge is 0.309 e. The number of hydrogen-bond acceptors (Lipinski definition) is 2. The van der Waals surface area contributed by atoms with Crippen molar-refractivity contribution >= 4 is 0 Å². The van der Waals surface area contributed by atoms with Crippen molar-refractivity contribution in [2.45, 2.75) is 39.8 Å². The van der Waals surface area contributed by atoms with Gasteiger partial charge in [0, 0.05) is 24.5 Å². The average molecular weight is 245 g/mol. The second-order valence-corrected chi connectivity index (χ2v) is 4.71. The molecule has 0 aliphatic heterocycles. The van der Waals surface area contributed by atoms with Crippen molar-refractivity contribution < 1.29 is 0 Å². The summed E-state index contributed by atoms with van der Waals surface area (Å²) in [5.41, 5.74) is 1.93. The van der Waals surface area contributed by atoms with Gasteiger partial charge in [-0.2, -0.15) is 5.10 Å². The van der Waals surface area contributed by atoms with Crippen molar-refractivity contribution in [2.75, 3.05) is 0 Å². The zero-order valence-corrected chi connectivity index (χ0v) is 11.1. The Morgan fingerprint density at radius 1 is 1.33 bits per heavy atom. The predicted octanol–water partition coefficient (Wildman–Crippen LogP) is 2.37. The first-order valence-electron chi connectivity index (χ1n) is 6.31. The van der Waals surface area contributed by atoms with E-state index in [1.165, 1.54) is 0 Å². The molecule has 4 nitrogen and oxygen atoms in total. The number of nitrogens with zero attached hydrogens (tertiary/aromatic N) is 3. The van der Waals surface area contributed by atoms with E-state index >= 15 is 0 Å². The molecule has 2 aromatic heterocycles. The monoisotopic (exact) mass is 245 g/mol. The molecule has 0 aromatic carbocycles. The van der Waals surface area contributed by atoms with Gasteiger partial charge < -0.3 is 4.57 Å². The molecule has 2 rings (SSSR count). The standard InChI is InChI=1S/C14H19N3O/c1-4-12(3)17-8-6-13(15-17)10-16-7-5-11(2)9-14(16)18/h5-9,12H,4,10H2,1-3H3. The highest BCUT2D eigenvalue weighted by Crippen LogP contribution is 2.09. The molecule has 96 valence electrons. The molecule has 0 saturated heterocycles. The van der Waals surface area contributed by atoms with Crippen LogP contribution in [0.3, 0.4) is 0 Å². The highest BCUT2D eigenvalue weighted by molar-refractivity contribution is 5.10. The van der Waals surface area contributed by atoms with E-state index in [1.54, 1.807) is 10.6 Å². The zero-order valence-electron chi connectivity index (χ0n) is 11.1. The summed E-state index contributed by atoms with van der Waals surface area (Å²) in [5, 5.41) is 4.50. The molecule has 0 bridgehead atoms. The SMILES string of the molecule is CCC(C)n1ccc(Cn2ccc(C)cc2=O)n1. The fourth-order valence-corrected chi connectivity index (χ4v) is 1.81. The van der Waals surface area contributed by atoms with E-state index in [0.717, 1.165) is 17.7 Å². The van der Waals surface area contributed by atoms with Gasteiger partial charge in [0.2, 0.25) is 0 Å². The van der Waals surface area contributed by atoms with Gasteiger partial charge in [-0.1, -0.05) is 6.92 Å². The van der Waals surface area contributed by atoms with E-state index in [2.05, 4.69) is 18.9 Å². The van der Waals surface area contributed by atoms with Crippen LogP contribution in [0.15, 0.2) is 35.4 Å². The second kappa shape index (κ2) is 5.21. The highest BCUT2D eigenvalue weighted by Gasteiger charge is 2.05. The van der Waals surface area contributed by atoms with Crippen molar-refractivity contribution in [2.24, 2.45) is 0 Å². The lowest BCUT2D eigenvalue weighted by molar-refractivity contribution is 0.472. The number of aryl methyl sites for hydroxylation is 1. The third-order valence-corrected chi connectivity index (χ3v) is 3.19. The van der Waals surface area contributed by atoms with E-state index in [0.29, 0.717) is 12.6 Å². The Kier molecular flexibility index (Phi) is 3.65. The maximum Gasteiger partial charge on any atom is 0.251 e. The highest BCUT2D eigenvalue weighted by atomic mass is 16.1. The number of rotatable bonds is 4. The fraction of sp³-hybridized carbons (Fsp3) is 0.429. The van der Waals surface area contributed by atoms with Gasteiger partial charge in [0.05, 0.1) is 12.2 Å². The molecule has 0 aliphatic rings. The zero-order chi connectivity index (χ0) is 13.1. The molecule has 4 heteroatoms. The lowest BCUT2D eigenvalue weighted by atomic mass is 10.3. The van der Waals surface area contributed by atoms with Crippen LogP contribution in [0, 0.1) is 6.92 Å². The summed E-state index contributed by atoms with van der Waals surface area (Å²) in [4.78, 5) is 11.8. The molecule has 0 fully saturated rings. The molecule has 0 aliphatic carbocycles. The van der Waals surface area contributed by atoms with Crippen LogP contribution < -0.4 is 5.56 Å². The van der Waals surface area contributed by atoms with Crippen LogP contribution in [0.4, 0.5) is 0 Å². The Morgan fingerprint density at radius 2 is 2.11 bits per heavy atom. The minimum absolute atomic E-state index is 0.0214. The summed E-state index contributed by atoms with van der Waals surface area (Å²) >= 11 is 0. The summed E-state index contributed by atoms with van der Waals surface area (Å²) in [6.45, 7) is 6.72. The number of hydrogen-bond donors (Lipinski definition) is 0. The lowest BCUT2D eigenvalue weighted by Gasteiger charge is -2.08. The lowest BCUT2D eigenvalue weighted by Crippen LogP contribution is -2.19. The van der Waals surface area contributed by atoms with E-state index in [4.69, 9.17) is 0 Å². The van der Waals surface area contributed by atoms with Crippen molar-refractivity contribution in [3.63, 3.8) is 0 Å². The number of pyridine rings is 1. The van der Waals surface area contributed by atoms with Gasteiger partial charge in [-0.25, -0.2) is 0 Å². The molecule has 2 heterocycles. The van der Waals surface area contributed by atoms with Crippen molar-refractivity contribution in [1.29, 1.82) is 0 Å². The Morgan fingerprint density at radius 3 is 2.78 bits per heavy atom. The minimum atomic E-state index is 0.0214. The Bertz CT molecular complexity index is 583. The van der Waals surface area contributed by atoms with Crippen molar-refractivity contribution in [3.05, 3.63) is 52.2 Å². The molecule has 1 atom stereocenters. The topological polar surface area (TPSA) is 39.8 Å². The van der Waals surface area contributed by atoms with Gasteiger partial charge in [0.1, 0.15) is 0 Å². The van der Waals surface area contributed by atoms with E-state index in [-0.39, 0.29) is 5.56 Å². The summed E-state index contributed by atoms with van der Waals surface area (Å²) in [7, 11) is 0. The van der Waals surface area contributed by atoms with E-state index in [9.17, 15) is 4.79 Å². The molecule has 18 heavy (non-hydrogen) atoms. The van der Waals surface area contributed by atoms with Crippen LogP contribution in [0.5, 0.6) is 0 Å². The fourth-order valence-electron chi connectivity index (χ4n) is 1.81. The van der Waals surface area contributed by atoms with Crippen LogP contribution in [0.2, 0.25) is 0 Å². The van der Waals surface area contributed by atoms with Crippen LogP contribution in [-0.4, -0.2) is 14.3 Å². The van der Waals surface area contributed by atoms with Crippen molar-refractivity contribution in [3.8, 4) is 0 Å². The molecule has 0 N–H and O–H groups in total. The van der Waals surface area contributed by atoms with Crippen LogP contribution >= 0.6 is 0 Å². The molecule has 1 unspecified atom stereocenters. The summed E-state index contributed by atoms with van der Waals surface area (Å²) in [6, 6.07) is 5.95. The smallest absolute Gasteiger partial charge is 0.251 e. The van der Waals surface area contributed by atoms with Gasteiger partial charge in [0.25, 0.3) is 5.56 Å². The van der Waals surface area contributed by atoms with Crippen LogP contribution in [0.25, 0.3) is 0 Å². The number of aromatic nitrogens is 3. The first-order chi connectivity index (χ1) is 8.60. The maximum absolute atomic E-state index is 11.8. The normalized spacial score (nSPS) is 12.6. The molecule has 0 spiro atoms. The van der Waals surface area contributed by atoms with E-state index in [1.807, 2.05) is 36.1 Å². The first kappa shape index (κ1) is 12.6. The molecule has 0 saturated carbocycles. The molecular weight excluding hydrogens is 226 g/mol. The Balaban J connectivity index is 2.19. The van der Waals surface area contributed by atoms with Crippen LogP contribution in [0.1, 0.15) is 37.6 Å². The molecule has 0 amide bonds. The molecular formula is C14H19N3O.